The lowest BCUT2D eigenvalue weighted by atomic mass is 9.52. The molecular formula is C18H36. The van der Waals surface area contributed by atoms with Crippen LogP contribution in [0.25, 0.3) is 0 Å². The number of hydrogen-bond acceptors (Lipinski definition) is 0. The number of hydrogen-bond donors (Lipinski definition) is 0. The smallest absolute Gasteiger partial charge is 0.0292 e. The Hall–Kier alpha value is 0. The van der Waals surface area contributed by atoms with Crippen molar-refractivity contribution >= 4 is 0 Å². The van der Waals surface area contributed by atoms with Crippen LogP contribution in [0.5, 0.6) is 0 Å². The van der Waals surface area contributed by atoms with Crippen molar-refractivity contribution in [1.82, 2.24) is 0 Å². The van der Waals surface area contributed by atoms with E-state index in [-0.39, 0.29) is 0 Å². The maximum atomic E-state index is 2.54. The summed E-state index contributed by atoms with van der Waals surface area (Å²) >= 11 is 0. The van der Waals surface area contributed by atoms with Crippen LogP contribution >= 0.6 is 0 Å². The van der Waals surface area contributed by atoms with E-state index in [1.165, 1.54) is 19.3 Å². The molecule has 0 spiro atoms. The minimum absolute atomic E-state index is 0.622. The van der Waals surface area contributed by atoms with Crippen LogP contribution in [0.15, 0.2) is 0 Å². The molecule has 0 radical (unpaired) electrons. The Balaban J connectivity index is 2.83. The van der Waals surface area contributed by atoms with Crippen LogP contribution in [0, 0.1) is 40.9 Å². The van der Waals surface area contributed by atoms with Crippen molar-refractivity contribution in [3.8, 4) is 0 Å². The zero-order valence-electron chi connectivity index (χ0n) is 14.1. The Labute approximate surface area is 116 Å². The highest BCUT2D eigenvalue weighted by atomic mass is 14.5. The van der Waals surface area contributed by atoms with E-state index in [9.17, 15) is 0 Å². The Morgan fingerprint density at radius 2 is 1.56 bits per heavy atom. The predicted octanol–water partition coefficient (Wildman–Crippen LogP) is 6.01. The summed E-state index contributed by atoms with van der Waals surface area (Å²) in [5.41, 5.74) is 0.622. The predicted molar refractivity (Wildman–Crippen MR) is 82.6 cm³/mol. The highest BCUT2D eigenvalue weighted by Gasteiger charge is 2.46. The third kappa shape index (κ3) is 3.11. The number of rotatable bonds is 6. The molecule has 1 saturated carbocycles. The van der Waals surface area contributed by atoms with Crippen molar-refractivity contribution in [1.29, 1.82) is 0 Å². The minimum Gasteiger partial charge on any atom is -0.0651 e. The van der Waals surface area contributed by atoms with E-state index in [2.05, 4.69) is 55.4 Å². The Morgan fingerprint density at radius 3 is 1.89 bits per heavy atom. The van der Waals surface area contributed by atoms with Crippen molar-refractivity contribution in [2.45, 2.75) is 74.7 Å². The second kappa shape index (κ2) is 5.97. The van der Waals surface area contributed by atoms with Crippen molar-refractivity contribution in [3.05, 3.63) is 0 Å². The average Bonchev–Trinajstić information content (AvgIpc) is 2.26. The van der Waals surface area contributed by atoms with E-state index in [0.717, 1.165) is 35.5 Å². The van der Waals surface area contributed by atoms with E-state index in [4.69, 9.17) is 0 Å². The summed E-state index contributed by atoms with van der Waals surface area (Å²) in [5.74, 6) is 5.26. The van der Waals surface area contributed by atoms with Gasteiger partial charge in [-0.25, -0.2) is 0 Å². The fourth-order valence-corrected chi connectivity index (χ4v) is 4.55. The SMILES string of the molecule is CCC(C)C(C(C)C(C)C)C(C)C1(C)CC(C)C1. The largest absolute Gasteiger partial charge is 0.0651 e. The summed E-state index contributed by atoms with van der Waals surface area (Å²) in [7, 11) is 0. The second-order valence-electron chi connectivity index (χ2n) is 8.02. The molecule has 1 aliphatic carbocycles. The van der Waals surface area contributed by atoms with Crippen LogP contribution in [0.1, 0.15) is 74.7 Å². The first-order valence-electron chi connectivity index (χ1n) is 8.23. The molecule has 1 fully saturated rings. The van der Waals surface area contributed by atoms with Gasteiger partial charge in [-0.2, -0.15) is 0 Å². The van der Waals surface area contributed by atoms with Gasteiger partial charge >= 0.3 is 0 Å². The highest BCUT2D eigenvalue weighted by Crippen LogP contribution is 2.55. The summed E-state index contributed by atoms with van der Waals surface area (Å²) in [5, 5.41) is 0. The van der Waals surface area contributed by atoms with E-state index < -0.39 is 0 Å². The van der Waals surface area contributed by atoms with Gasteiger partial charge in [0.15, 0.2) is 0 Å². The second-order valence-corrected chi connectivity index (χ2v) is 8.02. The normalized spacial score (nSPS) is 34.8. The molecule has 1 aliphatic rings. The van der Waals surface area contributed by atoms with Crippen molar-refractivity contribution in [2.24, 2.45) is 40.9 Å². The molecule has 0 heteroatoms. The summed E-state index contributed by atoms with van der Waals surface area (Å²) in [4.78, 5) is 0. The molecular weight excluding hydrogens is 216 g/mol. The van der Waals surface area contributed by atoms with Gasteiger partial charge in [0.05, 0.1) is 0 Å². The molecule has 4 atom stereocenters. The van der Waals surface area contributed by atoms with Gasteiger partial charge in [-0.3, -0.25) is 0 Å². The standard InChI is InChI=1S/C18H36/c1-9-14(5)17(15(6)12(2)3)16(7)18(8)10-13(4)11-18/h12-17H,9-11H2,1-8H3. The molecule has 0 aromatic rings. The molecule has 0 amide bonds. The first-order chi connectivity index (χ1) is 8.23. The molecule has 108 valence electrons. The molecule has 0 bridgehead atoms. The summed E-state index contributed by atoms with van der Waals surface area (Å²) < 4.78 is 0. The van der Waals surface area contributed by atoms with E-state index in [1.54, 1.807) is 0 Å². The lowest BCUT2D eigenvalue weighted by Gasteiger charge is -2.53. The Bertz CT molecular complexity index is 247. The summed E-state index contributed by atoms with van der Waals surface area (Å²) in [6.07, 6.45) is 4.23. The fourth-order valence-electron chi connectivity index (χ4n) is 4.55. The summed E-state index contributed by atoms with van der Waals surface area (Å²) in [6.45, 7) is 19.6. The van der Waals surface area contributed by atoms with Gasteiger partial charge in [0.2, 0.25) is 0 Å². The molecule has 18 heavy (non-hydrogen) atoms. The van der Waals surface area contributed by atoms with Crippen LogP contribution in [0.4, 0.5) is 0 Å². The highest BCUT2D eigenvalue weighted by molar-refractivity contribution is 4.96. The molecule has 4 unspecified atom stereocenters. The summed E-state index contributed by atoms with van der Waals surface area (Å²) in [6, 6.07) is 0. The van der Waals surface area contributed by atoms with Gasteiger partial charge in [-0.1, -0.05) is 61.8 Å². The van der Waals surface area contributed by atoms with E-state index in [0.29, 0.717) is 5.41 Å². The monoisotopic (exact) mass is 252 g/mol. The van der Waals surface area contributed by atoms with Crippen LogP contribution < -0.4 is 0 Å². The quantitative estimate of drug-likeness (QED) is 0.543. The minimum atomic E-state index is 0.622. The fraction of sp³-hybridized carbons (Fsp3) is 1.00. The first-order valence-corrected chi connectivity index (χ1v) is 8.23. The maximum Gasteiger partial charge on any atom is -0.0292 e. The van der Waals surface area contributed by atoms with Crippen LogP contribution in [-0.4, -0.2) is 0 Å². The topological polar surface area (TPSA) is 0 Å². The van der Waals surface area contributed by atoms with Gasteiger partial charge in [0.1, 0.15) is 0 Å². The van der Waals surface area contributed by atoms with Crippen LogP contribution in [-0.2, 0) is 0 Å². The molecule has 0 heterocycles. The molecule has 0 aromatic carbocycles. The Morgan fingerprint density at radius 1 is 1.06 bits per heavy atom. The average molecular weight is 252 g/mol. The molecule has 1 rings (SSSR count). The zero-order chi connectivity index (χ0) is 14.1. The third-order valence-corrected chi connectivity index (χ3v) is 6.27. The molecule has 0 nitrogen and oxygen atoms in total. The van der Waals surface area contributed by atoms with Gasteiger partial charge in [0.25, 0.3) is 0 Å². The van der Waals surface area contributed by atoms with Crippen molar-refractivity contribution in [2.75, 3.05) is 0 Å². The molecule has 0 aliphatic heterocycles. The molecule has 0 N–H and O–H groups in total. The van der Waals surface area contributed by atoms with E-state index in [1.807, 2.05) is 0 Å². The Kier molecular flexibility index (Phi) is 5.32. The third-order valence-electron chi connectivity index (χ3n) is 6.27. The molecule has 0 saturated heterocycles. The molecule has 0 aromatic heterocycles. The van der Waals surface area contributed by atoms with Gasteiger partial charge in [-0.05, 0) is 53.8 Å². The lowest BCUT2D eigenvalue weighted by Crippen LogP contribution is -2.45. The zero-order valence-corrected chi connectivity index (χ0v) is 14.1. The van der Waals surface area contributed by atoms with E-state index >= 15 is 0 Å². The van der Waals surface area contributed by atoms with Crippen molar-refractivity contribution in [3.63, 3.8) is 0 Å². The maximum absolute atomic E-state index is 2.54. The van der Waals surface area contributed by atoms with Crippen molar-refractivity contribution < 1.29 is 0 Å². The van der Waals surface area contributed by atoms with Gasteiger partial charge in [-0.15, -0.1) is 0 Å². The van der Waals surface area contributed by atoms with Gasteiger partial charge in [0, 0.05) is 0 Å². The van der Waals surface area contributed by atoms with Crippen LogP contribution in [0.3, 0.4) is 0 Å². The lowest BCUT2D eigenvalue weighted by molar-refractivity contribution is -0.0375. The van der Waals surface area contributed by atoms with Crippen LogP contribution in [0.2, 0.25) is 0 Å². The first kappa shape index (κ1) is 16.1. The van der Waals surface area contributed by atoms with Gasteiger partial charge < -0.3 is 0 Å².